The molecule has 0 bridgehead atoms. The highest BCUT2D eigenvalue weighted by Gasteiger charge is 2.24. The van der Waals surface area contributed by atoms with Gasteiger partial charge in [0.05, 0.1) is 22.5 Å². The Kier molecular flexibility index (Phi) is 5.00. The van der Waals surface area contributed by atoms with E-state index < -0.39 is 27.2 Å². The topological polar surface area (TPSA) is 105 Å². The Morgan fingerprint density at radius 2 is 2.00 bits per heavy atom. The number of hydrogen-bond donors (Lipinski definition) is 2. The smallest absolute Gasteiger partial charge is 0.229 e. The van der Waals surface area contributed by atoms with Gasteiger partial charge in [0, 0.05) is 46.9 Å². The van der Waals surface area contributed by atoms with Crippen molar-refractivity contribution in [2.75, 3.05) is 11.0 Å². The first-order valence-corrected chi connectivity index (χ1v) is 10.9. The van der Waals surface area contributed by atoms with Crippen molar-refractivity contribution >= 4 is 44.1 Å². The van der Waals surface area contributed by atoms with Crippen LogP contribution >= 0.6 is 11.6 Å². The van der Waals surface area contributed by atoms with Crippen LogP contribution in [-0.4, -0.2) is 35.4 Å². The number of sulfonamides is 1. The predicted molar refractivity (Wildman–Crippen MR) is 113 cm³/mol. The maximum atomic E-state index is 15.0. The number of nitrogens with one attached hydrogen (secondary N) is 2. The number of nitrogens with zero attached hydrogens (tertiary/aromatic N) is 2. The average molecular weight is 445 g/mol. The van der Waals surface area contributed by atoms with Gasteiger partial charge in [0.1, 0.15) is 5.65 Å². The normalized spacial score (nSPS) is 11.6. The van der Waals surface area contributed by atoms with Gasteiger partial charge in [-0.15, -0.1) is 0 Å². The van der Waals surface area contributed by atoms with E-state index in [4.69, 9.17) is 11.6 Å². The minimum atomic E-state index is -3.75. The third-order valence-corrected chi connectivity index (χ3v) is 5.29. The number of aromatic nitrogens is 3. The van der Waals surface area contributed by atoms with Crippen molar-refractivity contribution in [3.8, 4) is 11.1 Å². The molecule has 0 atom stereocenters. The summed E-state index contributed by atoms with van der Waals surface area (Å²) in [4.78, 5) is 24.4. The molecular formula is C20H14ClFN4O3S. The lowest BCUT2D eigenvalue weighted by Gasteiger charge is -2.10. The molecule has 1 aromatic carbocycles. The summed E-state index contributed by atoms with van der Waals surface area (Å²) in [6.45, 7) is 0. The summed E-state index contributed by atoms with van der Waals surface area (Å²) in [5.74, 6) is -1.75. The fraction of sp³-hybridized carbons (Fsp3) is 0.0500. The Bertz CT molecular complexity index is 1390. The molecule has 0 spiro atoms. The molecule has 0 saturated heterocycles. The summed E-state index contributed by atoms with van der Waals surface area (Å²) in [6, 6.07) is 7.79. The van der Waals surface area contributed by atoms with Gasteiger partial charge < -0.3 is 4.98 Å². The summed E-state index contributed by atoms with van der Waals surface area (Å²) < 4.78 is 40.0. The van der Waals surface area contributed by atoms with Crippen LogP contribution in [0.2, 0.25) is 5.02 Å². The van der Waals surface area contributed by atoms with Crippen LogP contribution in [0.15, 0.2) is 55.1 Å². The van der Waals surface area contributed by atoms with Crippen molar-refractivity contribution in [2.45, 2.75) is 0 Å². The van der Waals surface area contributed by atoms with Crippen LogP contribution in [0.1, 0.15) is 15.9 Å². The van der Waals surface area contributed by atoms with Crippen LogP contribution in [-0.2, 0) is 10.0 Å². The van der Waals surface area contributed by atoms with Crippen molar-refractivity contribution in [1.82, 2.24) is 15.0 Å². The third kappa shape index (κ3) is 3.77. The van der Waals surface area contributed by atoms with E-state index in [-0.39, 0.29) is 16.3 Å². The molecule has 0 aliphatic rings. The van der Waals surface area contributed by atoms with Crippen molar-refractivity contribution in [3.63, 3.8) is 0 Å². The first-order chi connectivity index (χ1) is 14.2. The molecule has 30 heavy (non-hydrogen) atoms. The van der Waals surface area contributed by atoms with E-state index in [9.17, 15) is 17.6 Å². The summed E-state index contributed by atoms with van der Waals surface area (Å²) in [7, 11) is -3.75. The zero-order valence-electron chi connectivity index (χ0n) is 15.5. The summed E-state index contributed by atoms with van der Waals surface area (Å²) >= 11 is 6.09. The number of halogens is 2. The zero-order valence-corrected chi connectivity index (χ0v) is 17.1. The van der Waals surface area contributed by atoms with Crippen molar-refractivity contribution in [3.05, 3.63) is 77.1 Å². The molecule has 3 aromatic heterocycles. The predicted octanol–water partition coefficient (Wildman–Crippen LogP) is 4.02. The van der Waals surface area contributed by atoms with Crippen LogP contribution < -0.4 is 4.72 Å². The summed E-state index contributed by atoms with van der Waals surface area (Å²) in [6.07, 6.45) is 7.23. The first-order valence-electron chi connectivity index (χ1n) is 8.62. The largest absolute Gasteiger partial charge is 0.345 e. The van der Waals surface area contributed by atoms with Crippen molar-refractivity contribution in [1.29, 1.82) is 0 Å². The van der Waals surface area contributed by atoms with E-state index in [1.165, 1.54) is 12.3 Å². The molecule has 0 aliphatic carbocycles. The number of H-pyrrole nitrogens is 1. The van der Waals surface area contributed by atoms with Gasteiger partial charge in [-0.25, -0.2) is 17.8 Å². The number of hydrogen-bond acceptors (Lipinski definition) is 5. The molecule has 0 radical (unpaired) electrons. The molecule has 0 amide bonds. The SMILES string of the molecule is CS(=O)(=O)Nc1ccc(Cl)c(C(=O)c2c[nH]c3ncc(-c4cccnc4)cc23)c1F. The molecule has 152 valence electrons. The van der Waals surface area contributed by atoms with E-state index in [1.807, 2.05) is 10.8 Å². The van der Waals surface area contributed by atoms with Crippen LogP contribution in [0.3, 0.4) is 0 Å². The molecule has 3 heterocycles. The van der Waals surface area contributed by atoms with Gasteiger partial charge in [-0.3, -0.25) is 14.5 Å². The van der Waals surface area contributed by atoms with Gasteiger partial charge in [0.15, 0.2) is 11.6 Å². The van der Waals surface area contributed by atoms with Crippen molar-refractivity contribution in [2.24, 2.45) is 0 Å². The van der Waals surface area contributed by atoms with E-state index in [0.29, 0.717) is 11.0 Å². The summed E-state index contributed by atoms with van der Waals surface area (Å²) in [5.41, 5.74) is 1.32. The van der Waals surface area contributed by atoms with Crippen molar-refractivity contribution < 1.29 is 17.6 Å². The van der Waals surface area contributed by atoms with Gasteiger partial charge >= 0.3 is 0 Å². The van der Waals surface area contributed by atoms with Gasteiger partial charge in [-0.1, -0.05) is 17.7 Å². The summed E-state index contributed by atoms with van der Waals surface area (Å²) in [5, 5.41) is 0.334. The van der Waals surface area contributed by atoms with Crippen LogP contribution in [0.4, 0.5) is 10.1 Å². The van der Waals surface area contributed by atoms with E-state index in [2.05, 4.69) is 15.0 Å². The number of anilines is 1. The molecule has 7 nitrogen and oxygen atoms in total. The van der Waals surface area contributed by atoms with Gasteiger partial charge in [-0.2, -0.15) is 0 Å². The van der Waals surface area contributed by atoms with Gasteiger partial charge in [0.25, 0.3) is 0 Å². The lowest BCUT2D eigenvalue weighted by molar-refractivity contribution is 0.103. The maximum Gasteiger partial charge on any atom is 0.229 e. The number of rotatable bonds is 5. The number of ketones is 1. The first kappa shape index (κ1) is 20.0. The Hall–Kier alpha value is -3.30. The number of fused-ring (bicyclic) bond motifs is 1. The van der Waals surface area contributed by atoms with E-state index >= 15 is 0 Å². The van der Waals surface area contributed by atoms with Crippen LogP contribution in [0.25, 0.3) is 22.2 Å². The Labute approximate surface area is 176 Å². The molecule has 0 aliphatic heterocycles. The average Bonchev–Trinajstić information content (AvgIpc) is 3.13. The minimum absolute atomic E-state index is 0.137. The minimum Gasteiger partial charge on any atom is -0.345 e. The fourth-order valence-electron chi connectivity index (χ4n) is 3.06. The third-order valence-electron chi connectivity index (χ3n) is 4.38. The number of carbonyl (C=O) groups excluding carboxylic acids is 1. The van der Waals surface area contributed by atoms with Gasteiger partial charge in [-0.05, 0) is 24.3 Å². The maximum absolute atomic E-state index is 15.0. The lowest BCUT2D eigenvalue weighted by atomic mass is 10.0. The fourth-order valence-corrected chi connectivity index (χ4v) is 3.85. The monoisotopic (exact) mass is 444 g/mol. The quantitative estimate of drug-likeness (QED) is 0.452. The number of pyridine rings is 2. The highest BCUT2D eigenvalue weighted by atomic mass is 35.5. The molecule has 0 unspecified atom stereocenters. The lowest BCUT2D eigenvalue weighted by Crippen LogP contribution is -2.13. The molecule has 2 N–H and O–H groups in total. The second-order valence-electron chi connectivity index (χ2n) is 6.55. The number of carbonyl (C=O) groups is 1. The molecule has 10 heteroatoms. The van der Waals surface area contributed by atoms with E-state index in [1.54, 1.807) is 30.7 Å². The van der Waals surface area contributed by atoms with Crippen LogP contribution in [0, 0.1) is 5.82 Å². The second-order valence-corrected chi connectivity index (χ2v) is 8.71. The standard InChI is InChI=1S/C20H14ClFN4O3S/c1-30(28,29)26-16-5-4-15(21)17(18(16)22)19(27)14-10-25-20-13(14)7-12(9-24-20)11-3-2-6-23-8-11/h2-10,26H,1H3,(H,24,25). The van der Waals surface area contributed by atoms with E-state index in [0.717, 1.165) is 23.4 Å². The molecule has 0 fully saturated rings. The van der Waals surface area contributed by atoms with Crippen LogP contribution in [0.5, 0.6) is 0 Å². The Morgan fingerprint density at radius 1 is 1.20 bits per heavy atom. The Balaban J connectivity index is 1.83. The molecule has 4 rings (SSSR count). The zero-order chi connectivity index (χ0) is 21.5. The van der Waals surface area contributed by atoms with Gasteiger partial charge in [0.2, 0.25) is 10.0 Å². The second kappa shape index (κ2) is 7.51. The number of benzene rings is 1. The molecule has 4 aromatic rings. The molecular weight excluding hydrogens is 431 g/mol. The Morgan fingerprint density at radius 3 is 2.70 bits per heavy atom. The highest BCUT2D eigenvalue weighted by Crippen LogP contribution is 2.31. The number of aromatic amines is 1. The highest BCUT2D eigenvalue weighted by molar-refractivity contribution is 7.92. The molecule has 0 saturated carbocycles.